The van der Waals surface area contributed by atoms with E-state index in [-0.39, 0.29) is 35.1 Å². The van der Waals surface area contributed by atoms with Gasteiger partial charge in [0.1, 0.15) is 6.54 Å². The topological polar surface area (TPSA) is 67.9 Å². The molecule has 29 heavy (non-hydrogen) atoms. The molecule has 150 valence electrons. The minimum absolute atomic E-state index is 0.0857. The number of halogens is 3. The summed E-state index contributed by atoms with van der Waals surface area (Å²) in [5.74, 6) is -0.859. The number of rotatable bonds is 3. The highest BCUT2D eigenvalue weighted by atomic mass is 79.9. The average molecular weight is 465 g/mol. The Morgan fingerprint density at radius 2 is 1.90 bits per heavy atom. The van der Waals surface area contributed by atoms with Crippen LogP contribution in [0.15, 0.2) is 40.9 Å². The summed E-state index contributed by atoms with van der Waals surface area (Å²) in [5.41, 5.74) is 1.85. The van der Waals surface area contributed by atoms with Gasteiger partial charge in [-0.2, -0.15) is 0 Å². The van der Waals surface area contributed by atoms with Gasteiger partial charge in [0.15, 0.2) is 11.5 Å². The van der Waals surface area contributed by atoms with Crippen LogP contribution in [0.3, 0.4) is 0 Å². The summed E-state index contributed by atoms with van der Waals surface area (Å²) in [4.78, 5) is 26.9. The molecule has 0 saturated heterocycles. The molecular weight excluding hydrogens is 450 g/mol. The third-order valence-corrected chi connectivity index (χ3v) is 5.93. The molecule has 0 atom stereocenters. The van der Waals surface area contributed by atoms with Crippen molar-refractivity contribution < 1.29 is 27.8 Å². The van der Waals surface area contributed by atoms with Crippen LogP contribution in [0.25, 0.3) is 0 Å². The van der Waals surface area contributed by atoms with Gasteiger partial charge >= 0.3 is 6.29 Å². The molecule has 9 heteroatoms. The first kappa shape index (κ1) is 18.4. The first-order valence-corrected chi connectivity index (χ1v) is 9.83. The van der Waals surface area contributed by atoms with E-state index < -0.39 is 12.2 Å². The standard InChI is InChI=1S/C20H15BrF2N2O4/c21-11-1-3-13-14(7-11)19(5-6-19)10-25(18(13)27)9-17(26)24-12-2-4-15-16(8-12)29-20(22,23)28-15/h1-4,7-8H,5-6,9-10H2,(H,24,26). The Hall–Kier alpha value is -2.68. The SMILES string of the molecule is O=C(CN1CC2(CC2)c2cc(Br)ccc2C1=O)Nc1ccc2c(c1)OC(F)(F)O2. The van der Waals surface area contributed by atoms with Crippen molar-refractivity contribution in [1.82, 2.24) is 4.90 Å². The van der Waals surface area contributed by atoms with Crippen molar-refractivity contribution in [3.05, 3.63) is 52.0 Å². The molecular formula is C20H15BrF2N2O4. The fraction of sp³-hybridized carbons (Fsp3) is 0.300. The molecule has 1 N–H and O–H groups in total. The van der Waals surface area contributed by atoms with Crippen molar-refractivity contribution in [1.29, 1.82) is 0 Å². The van der Waals surface area contributed by atoms with Crippen LogP contribution in [0.5, 0.6) is 11.5 Å². The smallest absolute Gasteiger partial charge is 0.395 e. The number of carbonyl (C=O) groups excluding carboxylic acids is 2. The van der Waals surface area contributed by atoms with Gasteiger partial charge in [-0.3, -0.25) is 9.59 Å². The van der Waals surface area contributed by atoms with E-state index in [0.717, 1.165) is 22.9 Å². The maximum absolute atomic E-state index is 13.1. The van der Waals surface area contributed by atoms with Gasteiger partial charge in [-0.15, -0.1) is 8.78 Å². The van der Waals surface area contributed by atoms with E-state index in [2.05, 4.69) is 30.7 Å². The van der Waals surface area contributed by atoms with Crippen LogP contribution in [-0.4, -0.2) is 36.1 Å². The van der Waals surface area contributed by atoms with Crippen molar-refractivity contribution >= 4 is 33.4 Å². The molecule has 0 radical (unpaired) electrons. The zero-order valence-corrected chi connectivity index (χ0v) is 16.6. The Balaban J connectivity index is 1.31. The van der Waals surface area contributed by atoms with Gasteiger partial charge in [-0.1, -0.05) is 15.9 Å². The molecule has 0 bridgehead atoms. The molecule has 3 aliphatic rings. The fourth-order valence-corrected chi connectivity index (χ4v) is 4.30. The molecule has 0 aromatic heterocycles. The predicted octanol–water partition coefficient (Wildman–Crippen LogP) is 3.90. The Labute approximate surface area is 172 Å². The summed E-state index contributed by atoms with van der Waals surface area (Å²) >= 11 is 3.46. The minimum Gasteiger partial charge on any atom is -0.395 e. The van der Waals surface area contributed by atoms with Gasteiger partial charge in [-0.25, -0.2) is 0 Å². The van der Waals surface area contributed by atoms with E-state index >= 15 is 0 Å². The molecule has 2 aliphatic heterocycles. The quantitative estimate of drug-likeness (QED) is 0.747. The Bertz CT molecular complexity index is 1050. The zero-order valence-electron chi connectivity index (χ0n) is 15.0. The average Bonchev–Trinajstić information content (AvgIpc) is 3.34. The number of hydrogen-bond acceptors (Lipinski definition) is 4. The summed E-state index contributed by atoms with van der Waals surface area (Å²) in [6.45, 7) is 0.358. The Kier molecular flexibility index (Phi) is 3.90. The van der Waals surface area contributed by atoms with Crippen LogP contribution < -0.4 is 14.8 Å². The van der Waals surface area contributed by atoms with Crippen LogP contribution in [0.2, 0.25) is 0 Å². The lowest BCUT2D eigenvalue weighted by molar-refractivity contribution is -0.286. The molecule has 6 nitrogen and oxygen atoms in total. The Morgan fingerprint density at radius 3 is 2.66 bits per heavy atom. The Morgan fingerprint density at radius 1 is 1.14 bits per heavy atom. The molecule has 1 saturated carbocycles. The maximum atomic E-state index is 13.1. The highest BCUT2D eigenvalue weighted by Crippen LogP contribution is 2.52. The maximum Gasteiger partial charge on any atom is 0.586 e. The molecule has 0 unspecified atom stereocenters. The minimum atomic E-state index is -3.72. The number of carbonyl (C=O) groups is 2. The predicted molar refractivity (Wildman–Crippen MR) is 102 cm³/mol. The van der Waals surface area contributed by atoms with Crippen LogP contribution in [-0.2, 0) is 10.2 Å². The number of benzene rings is 2. The van der Waals surface area contributed by atoms with Crippen molar-refractivity contribution in [3.63, 3.8) is 0 Å². The van der Waals surface area contributed by atoms with Gasteiger partial charge in [0.25, 0.3) is 5.91 Å². The van der Waals surface area contributed by atoms with Crippen LogP contribution >= 0.6 is 15.9 Å². The second-order valence-electron chi connectivity index (χ2n) is 7.51. The number of nitrogens with one attached hydrogen (secondary N) is 1. The normalized spacial score (nSPS) is 19.8. The van der Waals surface area contributed by atoms with Crippen molar-refractivity contribution in [2.24, 2.45) is 0 Å². The van der Waals surface area contributed by atoms with E-state index in [1.54, 1.807) is 11.0 Å². The van der Waals surface area contributed by atoms with E-state index in [1.165, 1.54) is 18.2 Å². The van der Waals surface area contributed by atoms with Gasteiger partial charge in [0, 0.05) is 33.7 Å². The van der Waals surface area contributed by atoms with Gasteiger partial charge in [-0.05, 0) is 48.7 Å². The van der Waals surface area contributed by atoms with E-state index in [4.69, 9.17) is 0 Å². The molecule has 1 fully saturated rings. The highest BCUT2D eigenvalue weighted by molar-refractivity contribution is 9.10. The van der Waals surface area contributed by atoms with Gasteiger partial charge in [0.05, 0.1) is 0 Å². The highest BCUT2D eigenvalue weighted by Gasteiger charge is 2.51. The summed E-state index contributed by atoms with van der Waals surface area (Å²) in [7, 11) is 0. The number of alkyl halides is 2. The third kappa shape index (κ3) is 3.23. The number of ether oxygens (including phenoxy) is 2. The van der Waals surface area contributed by atoms with Crippen LogP contribution in [0.1, 0.15) is 28.8 Å². The first-order chi connectivity index (χ1) is 13.7. The van der Waals surface area contributed by atoms with Crippen LogP contribution in [0.4, 0.5) is 14.5 Å². The number of amides is 2. The molecule has 2 aromatic rings. The van der Waals surface area contributed by atoms with E-state index in [9.17, 15) is 18.4 Å². The number of anilines is 1. The molecule has 2 aromatic carbocycles. The molecule has 1 spiro atoms. The summed E-state index contributed by atoms with van der Waals surface area (Å²) in [6, 6.07) is 9.59. The molecule has 5 rings (SSSR count). The summed E-state index contributed by atoms with van der Waals surface area (Å²) < 4.78 is 35.9. The number of fused-ring (bicyclic) bond motifs is 3. The second-order valence-corrected chi connectivity index (χ2v) is 8.42. The number of hydrogen-bond donors (Lipinski definition) is 1. The molecule has 2 heterocycles. The largest absolute Gasteiger partial charge is 0.586 e. The lowest BCUT2D eigenvalue weighted by Gasteiger charge is -2.34. The lowest BCUT2D eigenvalue weighted by atomic mass is 9.86. The first-order valence-electron chi connectivity index (χ1n) is 9.04. The van der Waals surface area contributed by atoms with Crippen LogP contribution in [0, 0.1) is 0 Å². The molecule has 2 amide bonds. The van der Waals surface area contributed by atoms with Gasteiger partial charge < -0.3 is 19.7 Å². The summed E-state index contributed by atoms with van der Waals surface area (Å²) in [6.07, 6.45) is -1.78. The van der Waals surface area contributed by atoms with Crippen molar-refractivity contribution in [2.75, 3.05) is 18.4 Å². The molecule has 1 aliphatic carbocycles. The van der Waals surface area contributed by atoms with Crippen molar-refractivity contribution in [2.45, 2.75) is 24.6 Å². The van der Waals surface area contributed by atoms with Gasteiger partial charge in [0.2, 0.25) is 5.91 Å². The second kappa shape index (κ2) is 6.16. The fourth-order valence-electron chi connectivity index (χ4n) is 3.94. The zero-order chi connectivity index (χ0) is 20.4. The monoisotopic (exact) mass is 464 g/mol. The summed E-state index contributed by atoms with van der Waals surface area (Å²) in [5, 5.41) is 2.63. The lowest BCUT2D eigenvalue weighted by Crippen LogP contribution is -2.46. The number of nitrogens with zero attached hydrogens (tertiary/aromatic N) is 1. The van der Waals surface area contributed by atoms with E-state index in [0.29, 0.717) is 12.1 Å². The van der Waals surface area contributed by atoms with E-state index in [1.807, 2.05) is 12.1 Å². The van der Waals surface area contributed by atoms with Crippen molar-refractivity contribution in [3.8, 4) is 11.5 Å². The third-order valence-electron chi connectivity index (χ3n) is 5.44.